The summed E-state index contributed by atoms with van der Waals surface area (Å²) in [6.45, 7) is 2.85. The van der Waals surface area contributed by atoms with E-state index in [1.165, 1.54) is 0 Å². The molecule has 1 aliphatic rings. The van der Waals surface area contributed by atoms with Crippen molar-refractivity contribution < 1.29 is 0 Å². The SMILES string of the molecule is CC1=NCCC(=S)N1C. The van der Waals surface area contributed by atoms with Gasteiger partial charge in [0.05, 0.1) is 4.99 Å². The van der Waals surface area contributed by atoms with Crippen LogP contribution in [0.2, 0.25) is 0 Å². The van der Waals surface area contributed by atoms with Gasteiger partial charge in [-0.15, -0.1) is 0 Å². The minimum Gasteiger partial charge on any atom is -0.328 e. The van der Waals surface area contributed by atoms with Crippen molar-refractivity contribution in [2.24, 2.45) is 4.99 Å². The zero-order valence-corrected chi connectivity index (χ0v) is 6.53. The van der Waals surface area contributed by atoms with Gasteiger partial charge in [0.25, 0.3) is 0 Å². The van der Waals surface area contributed by atoms with Crippen LogP contribution in [-0.4, -0.2) is 29.3 Å². The maximum Gasteiger partial charge on any atom is 0.100 e. The highest BCUT2D eigenvalue weighted by Gasteiger charge is 2.10. The number of nitrogens with zero attached hydrogens (tertiary/aromatic N) is 2. The first-order chi connectivity index (χ1) is 4.22. The van der Waals surface area contributed by atoms with E-state index in [-0.39, 0.29) is 0 Å². The molecule has 1 aliphatic heterocycles. The second kappa shape index (κ2) is 2.43. The molecule has 0 saturated heterocycles. The zero-order chi connectivity index (χ0) is 6.85. The van der Waals surface area contributed by atoms with Crippen molar-refractivity contribution in [1.29, 1.82) is 0 Å². The quantitative estimate of drug-likeness (QED) is 0.470. The van der Waals surface area contributed by atoms with Crippen LogP contribution in [0.3, 0.4) is 0 Å². The molecule has 0 fully saturated rings. The lowest BCUT2D eigenvalue weighted by molar-refractivity contribution is 0.701. The van der Waals surface area contributed by atoms with Crippen molar-refractivity contribution >= 4 is 23.0 Å². The van der Waals surface area contributed by atoms with Crippen LogP contribution in [-0.2, 0) is 0 Å². The van der Waals surface area contributed by atoms with Crippen LogP contribution < -0.4 is 0 Å². The highest BCUT2D eigenvalue weighted by molar-refractivity contribution is 7.80. The highest BCUT2D eigenvalue weighted by atomic mass is 32.1. The first kappa shape index (κ1) is 6.68. The Morgan fingerprint density at radius 1 is 1.67 bits per heavy atom. The predicted octanol–water partition coefficient (Wildman–Crippen LogP) is 1.07. The summed E-state index contributed by atoms with van der Waals surface area (Å²) < 4.78 is 0. The van der Waals surface area contributed by atoms with E-state index in [9.17, 15) is 0 Å². The summed E-state index contributed by atoms with van der Waals surface area (Å²) in [6.07, 6.45) is 0.934. The molecule has 0 aromatic rings. The molecule has 1 rings (SSSR count). The van der Waals surface area contributed by atoms with Crippen LogP contribution >= 0.6 is 12.2 Å². The summed E-state index contributed by atoms with van der Waals surface area (Å²) in [5.74, 6) is 1.03. The third-order valence-electron chi connectivity index (χ3n) is 1.53. The first-order valence-corrected chi connectivity index (χ1v) is 3.40. The van der Waals surface area contributed by atoms with Crippen molar-refractivity contribution in [3.05, 3.63) is 0 Å². The summed E-state index contributed by atoms with van der Waals surface area (Å²) in [6, 6.07) is 0. The monoisotopic (exact) mass is 142 g/mol. The Kier molecular flexibility index (Phi) is 1.81. The normalized spacial score (nSPS) is 20.0. The number of amidine groups is 1. The maximum atomic E-state index is 5.05. The number of hydrogen-bond donors (Lipinski definition) is 0. The largest absolute Gasteiger partial charge is 0.328 e. The van der Waals surface area contributed by atoms with Crippen molar-refractivity contribution in [1.82, 2.24) is 4.90 Å². The molecular weight excluding hydrogens is 132 g/mol. The molecule has 0 atom stereocenters. The van der Waals surface area contributed by atoms with E-state index >= 15 is 0 Å². The van der Waals surface area contributed by atoms with Gasteiger partial charge in [-0.05, 0) is 6.92 Å². The molecule has 2 nitrogen and oxygen atoms in total. The Labute approximate surface area is 60.6 Å². The van der Waals surface area contributed by atoms with Gasteiger partial charge in [0, 0.05) is 20.0 Å². The Morgan fingerprint density at radius 3 is 2.78 bits per heavy atom. The van der Waals surface area contributed by atoms with Crippen molar-refractivity contribution in [3.8, 4) is 0 Å². The molecule has 3 heteroatoms. The third kappa shape index (κ3) is 1.27. The summed E-state index contributed by atoms with van der Waals surface area (Å²) in [5.41, 5.74) is 0. The van der Waals surface area contributed by atoms with Gasteiger partial charge in [-0.1, -0.05) is 12.2 Å². The smallest absolute Gasteiger partial charge is 0.100 e. The molecule has 0 bridgehead atoms. The molecule has 0 radical (unpaired) electrons. The molecule has 0 spiro atoms. The van der Waals surface area contributed by atoms with Crippen molar-refractivity contribution in [3.63, 3.8) is 0 Å². The molecule has 50 valence electrons. The molecule has 0 N–H and O–H groups in total. The number of rotatable bonds is 0. The average Bonchev–Trinajstić information content (AvgIpc) is 1.83. The Hall–Kier alpha value is -0.440. The summed E-state index contributed by atoms with van der Waals surface area (Å²) in [4.78, 5) is 7.18. The van der Waals surface area contributed by atoms with Crippen molar-refractivity contribution in [2.45, 2.75) is 13.3 Å². The van der Waals surface area contributed by atoms with Gasteiger partial charge in [0.2, 0.25) is 0 Å². The van der Waals surface area contributed by atoms with Gasteiger partial charge in [-0.3, -0.25) is 4.99 Å². The van der Waals surface area contributed by atoms with Crippen LogP contribution in [0.4, 0.5) is 0 Å². The van der Waals surface area contributed by atoms with E-state index in [0.29, 0.717) is 0 Å². The molecule has 1 heterocycles. The van der Waals surface area contributed by atoms with Crippen LogP contribution in [0.1, 0.15) is 13.3 Å². The molecule has 0 aromatic carbocycles. The lowest BCUT2D eigenvalue weighted by atomic mass is 10.3. The fourth-order valence-corrected chi connectivity index (χ4v) is 0.991. The second-order valence-corrected chi connectivity index (χ2v) is 2.60. The molecule has 0 unspecified atom stereocenters. The van der Waals surface area contributed by atoms with Gasteiger partial charge >= 0.3 is 0 Å². The Bertz CT molecular complexity index is 162. The van der Waals surface area contributed by atoms with E-state index in [1.54, 1.807) is 0 Å². The zero-order valence-electron chi connectivity index (χ0n) is 5.72. The van der Waals surface area contributed by atoms with E-state index in [0.717, 1.165) is 23.8 Å². The fraction of sp³-hybridized carbons (Fsp3) is 0.667. The molecule has 0 aromatic heterocycles. The highest BCUT2D eigenvalue weighted by Crippen LogP contribution is 2.02. The lowest BCUT2D eigenvalue weighted by Crippen LogP contribution is -2.33. The average molecular weight is 142 g/mol. The molecule has 9 heavy (non-hydrogen) atoms. The molecule has 0 amide bonds. The van der Waals surface area contributed by atoms with Crippen molar-refractivity contribution in [2.75, 3.05) is 13.6 Å². The van der Waals surface area contributed by atoms with Crippen LogP contribution in [0.5, 0.6) is 0 Å². The van der Waals surface area contributed by atoms with Crippen LogP contribution in [0.15, 0.2) is 4.99 Å². The molecule has 0 saturated carbocycles. The summed E-state index contributed by atoms with van der Waals surface area (Å²) in [7, 11) is 1.96. The van der Waals surface area contributed by atoms with Gasteiger partial charge in [0.15, 0.2) is 0 Å². The standard InChI is InChI=1S/C6H10N2S/c1-5-7-4-3-6(9)8(5)2/h3-4H2,1-2H3. The van der Waals surface area contributed by atoms with E-state index in [2.05, 4.69) is 4.99 Å². The fourth-order valence-electron chi connectivity index (χ4n) is 0.768. The number of thiocarbonyl (C=S) groups is 1. The van der Waals surface area contributed by atoms with E-state index in [1.807, 2.05) is 18.9 Å². The van der Waals surface area contributed by atoms with Gasteiger partial charge in [-0.2, -0.15) is 0 Å². The second-order valence-electron chi connectivity index (χ2n) is 2.13. The molecule has 0 aliphatic carbocycles. The summed E-state index contributed by atoms with van der Waals surface area (Å²) >= 11 is 5.05. The van der Waals surface area contributed by atoms with Gasteiger partial charge < -0.3 is 4.90 Å². The van der Waals surface area contributed by atoms with Gasteiger partial charge in [-0.25, -0.2) is 0 Å². The Balaban J connectivity index is 2.74. The minimum absolute atomic E-state index is 0.870. The van der Waals surface area contributed by atoms with E-state index in [4.69, 9.17) is 12.2 Å². The Morgan fingerprint density at radius 2 is 2.33 bits per heavy atom. The number of aliphatic imine (C=N–C) groups is 1. The topological polar surface area (TPSA) is 15.6 Å². The maximum absolute atomic E-state index is 5.05. The van der Waals surface area contributed by atoms with Crippen LogP contribution in [0, 0.1) is 0 Å². The first-order valence-electron chi connectivity index (χ1n) is 2.99. The van der Waals surface area contributed by atoms with E-state index < -0.39 is 0 Å². The van der Waals surface area contributed by atoms with Gasteiger partial charge in [0.1, 0.15) is 5.84 Å². The minimum atomic E-state index is 0.870. The molecular formula is C6H10N2S. The lowest BCUT2D eigenvalue weighted by Gasteiger charge is -2.22. The summed E-state index contributed by atoms with van der Waals surface area (Å²) in [5, 5.41) is 0. The predicted molar refractivity (Wildman–Crippen MR) is 43.0 cm³/mol. The third-order valence-corrected chi connectivity index (χ3v) is 2.00. The van der Waals surface area contributed by atoms with Crippen LogP contribution in [0.25, 0.3) is 0 Å². The number of hydrogen-bond acceptors (Lipinski definition) is 2.